The number of nitrogens with zero attached hydrogens (tertiary/aromatic N) is 1. The molecular formula is C21H30N2O. The van der Waals surface area contributed by atoms with Crippen LogP contribution in [0.1, 0.15) is 56.9 Å². The number of carbonyl (C=O) groups is 1. The van der Waals surface area contributed by atoms with E-state index in [1.807, 2.05) is 0 Å². The van der Waals surface area contributed by atoms with Crippen molar-refractivity contribution in [2.24, 2.45) is 11.3 Å². The quantitative estimate of drug-likeness (QED) is 0.917. The Kier molecular flexibility index (Phi) is 4.38. The van der Waals surface area contributed by atoms with Crippen LogP contribution in [0.25, 0.3) is 0 Å². The molecule has 3 atom stereocenters. The minimum atomic E-state index is 0.313. The highest BCUT2D eigenvalue weighted by Crippen LogP contribution is 2.59. The standard InChI is InChI=1S/C21H30N2O/c1-2-17(16-7-4-3-5-8-16)19-9-6-14-23(19)20(24)18-15-21(18)10-12-22-13-11-21/h3-5,7-8,17-19,22H,2,6,9-15H2,1H3. The largest absolute Gasteiger partial charge is 0.339 e. The highest BCUT2D eigenvalue weighted by Gasteiger charge is 2.59. The van der Waals surface area contributed by atoms with Crippen molar-refractivity contribution in [2.75, 3.05) is 19.6 Å². The summed E-state index contributed by atoms with van der Waals surface area (Å²) in [6, 6.07) is 11.2. The Bertz CT molecular complexity index is 579. The molecule has 2 saturated heterocycles. The smallest absolute Gasteiger partial charge is 0.226 e. The van der Waals surface area contributed by atoms with E-state index >= 15 is 0 Å². The van der Waals surface area contributed by atoms with E-state index in [0.29, 0.717) is 29.2 Å². The molecule has 0 aromatic heterocycles. The number of likely N-dealkylation sites (tertiary alicyclic amines) is 1. The Morgan fingerprint density at radius 3 is 2.75 bits per heavy atom. The molecular weight excluding hydrogens is 296 g/mol. The minimum Gasteiger partial charge on any atom is -0.339 e. The fourth-order valence-electron chi connectivity index (χ4n) is 5.29. The third kappa shape index (κ3) is 2.77. The summed E-state index contributed by atoms with van der Waals surface area (Å²) in [5.74, 6) is 1.27. The first-order valence-corrected chi connectivity index (χ1v) is 9.81. The van der Waals surface area contributed by atoms with Gasteiger partial charge in [0.15, 0.2) is 0 Å². The van der Waals surface area contributed by atoms with Crippen LogP contribution in [0.15, 0.2) is 30.3 Å². The van der Waals surface area contributed by atoms with Gasteiger partial charge in [0, 0.05) is 24.4 Å². The molecule has 1 aliphatic carbocycles. The van der Waals surface area contributed by atoms with E-state index in [0.717, 1.165) is 32.5 Å². The van der Waals surface area contributed by atoms with Crippen molar-refractivity contribution in [1.29, 1.82) is 0 Å². The molecule has 4 rings (SSSR count). The first-order chi connectivity index (χ1) is 11.7. The Morgan fingerprint density at radius 1 is 1.29 bits per heavy atom. The molecule has 1 N–H and O–H groups in total. The zero-order valence-corrected chi connectivity index (χ0v) is 14.8. The van der Waals surface area contributed by atoms with E-state index in [1.54, 1.807) is 0 Å². The van der Waals surface area contributed by atoms with Crippen molar-refractivity contribution < 1.29 is 4.79 Å². The summed E-state index contributed by atoms with van der Waals surface area (Å²) in [4.78, 5) is 15.5. The van der Waals surface area contributed by atoms with Gasteiger partial charge in [-0.25, -0.2) is 0 Å². The number of nitrogens with one attached hydrogen (secondary N) is 1. The van der Waals surface area contributed by atoms with Gasteiger partial charge in [0.05, 0.1) is 0 Å². The number of rotatable bonds is 4. The van der Waals surface area contributed by atoms with Crippen LogP contribution in [-0.4, -0.2) is 36.5 Å². The molecule has 1 aromatic rings. The summed E-state index contributed by atoms with van der Waals surface area (Å²) in [5, 5.41) is 3.44. The van der Waals surface area contributed by atoms with Crippen LogP contribution < -0.4 is 5.32 Å². The first-order valence-electron chi connectivity index (χ1n) is 9.81. The van der Waals surface area contributed by atoms with Crippen molar-refractivity contribution in [3.8, 4) is 0 Å². The second-order valence-corrected chi connectivity index (χ2v) is 8.04. The van der Waals surface area contributed by atoms with Crippen LogP contribution in [0.5, 0.6) is 0 Å². The predicted molar refractivity (Wildman–Crippen MR) is 96.9 cm³/mol. The Balaban J connectivity index is 1.49. The maximum atomic E-state index is 13.2. The topological polar surface area (TPSA) is 32.3 Å². The SMILES string of the molecule is CCC(c1ccccc1)C1CCCN1C(=O)C1CC12CCNCC2. The molecule has 3 aliphatic rings. The maximum Gasteiger partial charge on any atom is 0.226 e. The van der Waals surface area contributed by atoms with E-state index in [1.165, 1.54) is 31.2 Å². The lowest BCUT2D eigenvalue weighted by molar-refractivity contribution is -0.134. The molecule has 0 radical (unpaired) electrons. The molecule has 130 valence electrons. The molecule has 1 aromatic carbocycles. The van der Waals surface area contributed by atoms with E-state index in [-0.39, 0.29) is 0 Å². The molecule has 2 heterocycles. The molecule has 3 unspecified atom stereocenters. The lowest BCUT2D eigenvalue weighted by atomic mass is 9.87. The molecule has 1 amide bonds. The number of hydrogen-bond donors (Lipinski definition) is 1. The fourth-order valence-corrected chi connectivity index (χ4v) is 5.29. The van der Waals surface area contributed by atoms with Crippen LogP contribution in [0, 0.1) is 11.3 Å². The number of carbonyl (C=O) groups excluding carboxylic acids is 1. The zero-order chi connectivity index (χ0) is 16.6. The van der Waals surface area contributed by atoms with Crippen molar-refractivity contribution in [2.45, 2.75) is 57.4 Å². The van der Waals surface area contributed by atoms with Crippen molar-refractivity contribution in [3.05, 3.63) is 35.9 Å². The highest BCUT2D eigenvalue weighted by molar-refractivity contribution is 5.83. The average Bonchev–Trinajstić information content (AvgIpc) is 3.09. The number of piperidine rings is 1. The van der Waals surface area contributed by atoms with Crippen molar-refractivity contribution in [3.63, 3.8) is 0 Å². The Hall–Kier alpha value is -1.35. The van der Waals surface area contributed by atoms with Gasteiger partial charge in [-0.2, -0.15) is 0 Å². The lowest BCUT2D eigenvalue weighted by Gasteiger charge is -2.33. The van der Waals surface area contributed by atoms with E-state index < -0.39 is 0 Å². The van der Waals surface area contributed by atoms with Gasteiger partial charge in [-0.3, -0.25) is 4.79 Å². The second-order valence-electron chi connectivity index (χ2n) is 8.04. The molecule has 1 spiro atoms. The normalized spacial score (nSPS) is 29.6. The monoisotopic (exact) mass is 326 g/mol. The molecule has 3 nitrogen and oxygen atoms in total. The van der Waals surface area contributed by atoms with Gasteiger partial charge in [0.25, 0.3) is 0 Å². The third-order valence-electron chi connectivity index (χ3n) is 6.80. The van der Waals surface area contributed by atoms with Gasteiger partial charge < -0.3 is 10.2 Å². The van der Waals surface area contributed by atoms with E-state index in [2.05, 4.69) is 47.5 Å². The Labute approximate surface area is 145 Å². The van der Waals surface area contributed by atoms with Crippen LogP contribution >= 0.6 is 0 Å². The van der Waals surface area contributed by atoms with Crippen LogP contribution in [0.4, 0.5) is 0 Å². The third-order valence-corrected chi connectivity index (χ3v) is 6.80. The average molecular weight is 326 g/mol. The summed E-state index contributed by atoms with van der Waals surface area (Å²) in [6.07, 6.45) is 6.97. The second kappa shape index (κ2) is 6.51. The van der Waals surface area contributed by atoms with Gasteiger partial charge in [-0.05, 0) is 62.6 Å². The number of amides is 1. The summed E-state index contributed by atoms with van der Waals surface area (Å²) in [7, 11) is 0. The molecule has 0 bridgehead atoms. The zero-order valence-electron chi connectivity index (χ0n) is 14.8. The minimum absolute atomic E-state index is 0.313. The number of benzene rings is 1. The predicted octanol–water partition coefficient (Wildman–Crippen LogP) is 3.56. The molecule has 1 saturated carbocycles. The van der Waals surface area contributed by atoms with Crippen molar-refractivity contribution in [1.82, 2.24) is 10.2 Å². The van der Waals surface area contributed by atoms with Gasteiger partial charge in [0.1, 0.15) is 0 Å². The molecule has 2 aliphatic heterocycles. The summed E-state index contributed by atoms with van der Waals surface area (Å²) in [5.41, 5.74) is 1.75. The van der Waals surface area contributed by atoms with E-state index in [4.69, 9.17) is 0 Å². The fraction of sp³-hybridized carbons (Fsp3) is 0.667. The van der Waals surface area contributed by atoms with Crippen LogP contribution in [-0.2, 0) is 4.79 Å². The summed E-state index contributed by atoms with van der Waals surface area (Å²) in [6.45, 7) is 5.42. The van der Waals surface area contributed by atoms with E-state index in [9.17, 15) is 4.79 Å². The first kappa shape index (κ1) is 16.1. The van der Waals surface area contributed by atoms with Gasteiger partial charge in [-0.1, -0.05) is 37.3 Å². The molecule has 3 fully saturated rings. The van der Waals surface area contributed by atoms with Gasteiger partial charge in [0.2, 0.25) is 5.91 Å². The lowest BCUT2D eigenvalue weighted by Crippen LogP contribution is -2.41. The van der Waals surface area contributed by atoms with Gasteiger partial charge >= 0.3 is 0 Å². The molecule has 24 heavy (non-hydrogen) atoms. The summed E-state index contributed by atoms with van der Waals surface area (Å²) < 4.78 is 0. The summed E-state index contributed by atoms with van der Waals surface area (Å²) >= 11 is 0. The molecule has 3 heteroatoms. The number of hydrogen-bond acceptors (Lipinski definition) is 2. The van der Waals surface area contributed by atoms with Crippen LogP contribution in [0.2, 0.25) is 0 Å². The highest BCUT2D eigenvalue weighted by atomic mass is 16.2. The maximum absolute atomic E-state index is 13.2. The van der Waals surface area contributed by atoms with Crippen LogP contribution in [0.3, 0.4) is 0 Å². The van der Waals surface area contributed by atoms with Crippen molar-refractivity contribution >= 4 is 5.91 Å². The Morgan fingerprint density at radius 2 is 2.04 bits per heavy atom. The van der Waals surface area contributed by atoms with Gasteiger partial charge in [-0.15, -0.1) is 0 Å².